The first kappa shape index (κ1) is 19.5. The van der Waals surface area contributed by atoms with Crippen LogP contribution in [0.25, 0.3) is 0 Å². The molecule has 2 heterocycles. The number of carbonyl (C=O) groups excluding carboxylic acids is 3. The number of nitrogens with one attached hydrogen (secondary N) is 2. The fourth-order valence-corrected chi connectivity index (χ4v) is 3.93. The van der Waals surface area contributed by atoms with Crippen molar-refractivity contribution in [2.24, 2.45) is 0 Å². The molecule has 0 bridgehead atoms. The van der Waals surface area contributed by atoms with Crippen LogP contribution in [0.5, 0.6) is 0 Å². The molecule has 0 unspecified atom stereocenters. The molecule has 7 nitrogen and oxygen atoms in total. The van der Waals surface area contributed by atoms with Crippen LogP contribution in [-0.4, -0.2) is 40.2 Å². The predicted molar refractivity (Wildman–Crippen MR) is 99.5 cm³/mol. The summed E-state index contributed by atoms with van der Waals surface area (Å²) in [6.45, 7) is 3.90. The van der Waals surface area contributed by atoms with E-state index in [1.807, 2.05) is 6.92 Å². The largest absolute Gasteiger partial charge is 0.467 e. The number of rotatable bonds is 7. The third-order valence-electron chi connectivity index (χ3n) is 5.92. The molecule has 7 heteroatoms. The number of nitrogens with zero attached hydrogens (tertiary/aromatic N) is 1. The van der Waals surface area contributed by atoms with Gasteiger partial charge in [0.25, 0.3) is 0 Å². The third-order valence-corrected chi connectivity index (χ3v) is 5.92. The Morgan fingerprint density at radius 1 is 1.33 bits per heavy atom. The Balaban J connectivity index is 1.84. The molecule has 2 atom stereocenters. The van der Waals surface area contributed by atoms with Gasteiger partial charge in [0.1, 0.15) is 17.3 Å². The summed E-state index contributed by atoms with van der Waals surface area (Å²) in [6.07, 6.45) is 7.02. The van der Waals surface area contributed by atoms with Gasteiger partial charge in [-0.3, -0.25) is 14.4 Å². The van der Waals surface area contributed by atoms with Gasteiger partial charge < -0.3 is 20.0 Å². The Bertz CT molecular complexity index is 681. The third kappa shape index (κ3) is 4.17. The van der Waals surface area contributed by atoms with E-state index in [0.29, 0.717) is 25.0 Å². The smallest absolute Gasteiger partial charge is 0.246 e. The van der Waals surface area contributed by atoms with E-state index in [-0.39, 0.29) is 30.3 Å². The molecule has 1 aliphatic heterocycles. The van der Waals surface area contributed by atoms with Gasteiger partial charge in [-0.05, 0) is 44.7 Å². The van der Waals surface area contributed by atoms with Crippen LogP contribution >= 0.6 is 0 Å². The standard InChI is InChI=1S/C20H29N3O4/c1-3-20(2,19(26)21-14-7-4-5-8-14)23(13-15-9-6-12-27-15)18(25)16-10-11-17(24)22-16/h6,9,12,14,16H,3-5,7-8,10-11,13H2,1-2H3,(H,21,26)(H,22,24)/t16-,20-/m1/s1. The molecule has 3 rings (SSSR count). The second-order valence-corrected chi connectivity index (χ2v) is 7.74. The predicted octanol–water partition coefficient (Wildman–Crippen LogP) is 2.11. The molecule has 148 valence electrons. The molecular formula is C20H29N3O4. The topological polar surface area (TPSA) is 91.7 Å². The summed E-state index contributed by atoms with van der Waals surface area (Å²) in [7, 11) is 0. The van der Waals surface area contributed by atoms with Crippen molar-refractivity contribution in [3.05, 3.63) is 24.2 Å². The number of furan rings is 1. The van der Waals surface area contributed by atoms with Crippen LogP contribution in [-0.2, 0) is 20.9 Å². The number of amides is 3. The van der Waals surface area contributed by atoms with Gasteiger partial charge in [0.2, 0.25) is 17.7 Å². The van der Waals surface area contributed by atoms with Crippen molar-refractivity contribution >= 4 is 17.7 Å². The van der Waals surface area contributed by atoms with Crippen LogP contribution in [0.2, 0.25) is 0 Å². The molecule has 27 heavy (non-hydrogen) atoms. The van der Waals surface area contributed by atoms with E-state index in [1.165, 1.54) is 0 Å². The quantitative estimate of drug-likeness (QED) is 0.764. The Morgan fingerprint density at radius 2 is 2.07 bits per heavy atom. The lowest BCUT2D eigenvalue weighted by molar-refractivity contribution is -0.150. The summed E-state index contributed by atoms with van der Waals surface area (Å²) in [5.41, 5.74) is -1.01. The van der Waals surface area contributed by atoms with E-state index in [1.54, 1.807) is 30.2 Å². The molecular weight excluding hydrogens is 346 g/mol. The van der Waals surface area contributed by atoms with Gasteiger partial charge in [-0.25, -0.2) is 0 Å². The van der Waals surface area contributed by atoms with Gasteiger partial charge in [-0.15, -0.1) is 0 Å². The summed E-state index contributed by atoms with van der Waals surface area (Å²) in [6, 6.07) is 3.14. The van der Waals surface area contributed by atoms with Gasteiger partial charge in [0.15, 0.2) is 0 Å². The van der Waals surface area contributed by atoms with E-state index < -0.39 is 11.6 Å². The Kier molecular flexibility index (Phi) is 5.87. The molecule has 0 aromatic carbocycles. The average Bonchev–Trinajstić information content (AvgIpc) is 3.41. The Hall–Kier alpha value is -2.31. The molecule has 0 spiro atoms. The van der Waals surface area contributed by atoms with E-state index in [2.05, 4.69) is 10.6 Å². The summed E-state index contributed by atoms with van der Waals surface area (Å²) in [5.74, 6) is 0.116. The van der Waals surface area contributed by atoms with Gasteiger partial charge in [0.05, 0.1) is 12.8 Å². The number of hydrogen-bond acceptors (Lipinski definition) is 4. The molecule has 1 saturated carbocycles. The van der Waals surface area contributed by atoms with E-state index in [4.69, 9.17) is 4.42 Å². The molecule has 1 aliphatic carbocycles. The molecule has 2 aliphatic rings. The highest BCUT2D eigenvalue weighted by molar-refractivity contribution is 5.95. The minimum atomic E-state index is -1.01. The minimum absolute atomic E-state index is 0.125. The summed E-state index contributed by atoms with van der Waals surface area (Å²) < 4.78 is 5.44. The van der Waals surface area contributed by atoms with Crippen LogP contribution in [0.3, 0.4) is 0 Å². The summed E-state index contributed by atoms with van der Waals surface area (Å²) in [5, 5.41) is 5.86. The van der Waals surface area contributed by atoms with E-state index in [0.717, 1.165) is 25.7 Å². The Morgan fingerprint density at radius 3 is 2.63 bits per heavy atom. The first-order valence-electron chi connectivity index (χ1n) is 9.88. The van der Waals surface area contributed by atoms with Crippen LogP contribution in [0.15, 0.2) is 22.8 Å². The lowest BCUT2D eigenvalue weighted by atomic mass is 9.92. The molecule has 2 fully saturated rings. The second kappa shape index (κ2) is 8.15. The molecule has 2 N–H and O–H groups in total. The maximum absolute atomic E-state index is 13.3. The maximum atomic E-state index is 13.3. The number of hydrogen-bond donors (Lipinski definition) is 2. The molecule has 3 amide bonds. The minimum Gasteiger partial charge on any atom is -0.467 e. The van der Waals surface area contributed by atoms with Gasteiger partial charge in [-0.2, -0.15) is 0 Å². The van der Waals surface area contributed by atoms with Crippen LogP contribution in [0.4, 0.5) is 0 Å². The van der Waals surface area contributed by atoms with Crippen molar-refractivity contribution < 1.29 is 18.8 Å². The lowest BCUT2D eigenvalue weighted by Gasteiger charge is -2.41. The highest BCUT2D eigenvalue weighted by Crippen LogP contribution is 2.27. The van der Waals surface area contributed by atoms with Crippen molar-refractivity contribution in [1.82, 2.24) is 15.5 Å². The van der Waals surface area contributed by atoms with Gasteiger partial charge in [-0.1, -0.05) is 19.8 Å². The molecule has 1 aromatic rings. The van der Waals surface area contributed by atoms with Crippen LogP contribution in [0, 0.1) is 0 Å². The normalized spacial score (nSPS) is 22.3. The SMILES string of the molecule is CC[C@](C)(C(=O)NC1CCCC1)N(Cc1ccco1)C(=O)[C@H]1CCC(=O)N1. The zero-order chi connectivity index (χ0) is 19.4. The van der Waals surface area contributed by atoms with E-state index in [9.17, 15) is 14.4 Å². The van der Waals surface area contributed by atoms with Crippen molar-refractivity contribution in [1.29, 1.82) is 0 Å². The van der Waals surface area contributed by atoms with Crippen LogP contribution < -0.4 is 10.6 Å². The van der Waals surface area contributed by atoms with Crippen molar-refractivity contribution in [3.8, 4) is 0 Å². The van der Waals surface area contributed by atoms with Crippen LogP contribution in [0.1, 0.15) is 64.6 Å². The average molecular weight is 375 g/mol. The van der Waals surface area contributed by atoms with Crippen molar-refractivity contribution in [2.45, 2.75) is 83.0 Å². The molecule has 1 aromatic heterocycles. The summed E-state index contributed by atoms with van der Waals surface area (Å²) in [4.78, 5) is 39.6. The molecule has 1 saturated heterocycles. The van der Waals surface area contributed by atoms with Crippen molar-refractivity contribution in [3.63, 3.8) is 0 Å². The Labute approximate surface area is 159 Å². The number of carbonyl (C=O) groups is 3. The fraction of sp³-hybridized carbons (Fsp3) is 0.650. The second-order valence-electron chi connectivity index (χ2n) is 7.74. The first-order chi connectivity index (χ1) is 12.9. The maximum Gasteiger partial charge on any atom is 0.246 e. The zero-order valence-electron chi connectivity index (χ0n) is 16.1. The summed E-state index contributed by atoms with van der Waals surface area (Å²) >= 11 is 0. The zero-order valence-corrected chi connectivity index (χ0v) is 16.1. The van der Waals surface area contributed by atoms with E-state index >= 15 is 0 Å². The highest BCUT2D eigenvalue weighted by atomic mass is 16.3. The molecule has 0 radical (unpaired) electrons. The fourth-order valence-electron chi connectivity index (χ4n) is 3.93. The highest BCUT2D eigenvalue weighted by Gasteiger charge is 2.45. The van der Waals surface area contributed by atoms with Crippen molar-refractivity contribution in [2.75, 3.05) is 0 Å². The van der Waals surface area contributed by atoms with Gasteiger partial charge >= 0.3 is 0 Å². The lowest BCUT2D eigenvalue weighted by Crippen LogP contribution is -2.62. The van der Waals surface area contributed by atoms with Gasteiger partial charge in [0, 0.05) is 12.5 Å². The monoisotopic (exact) mass is 375 g/mol. The first-order valence-corrected chi connectivity index (χ1v) is 9.88.